The largest absolute Gasteiger partial charge is 0.496 e. The predicted molar refractivity (Wildman–Crippen MR) is 88.6 cm³/mol. The number of carbonyl (C=O) groups is 1. The Kier molecular flexibility index (Phi) is 4.51. The molecule has 0 radical (unpaired) electrons. The highest BCUT2D eigenvalue weighted by Gasteiger charge is 2.30. The van der Waals surface area contributed by atoms with Gasteiger partial charge in [0.1, 0.15) is 5.75 Å². The smallest absolute Gasteiger partial charge is 0.410 e. The number of amides is 1. The van der Waals surface area contributed by atoms with E-state index in [1.807, 2.05) is 35.2 Å². The van der Waals surface area contributed by atoms with Gasteiger partial charge in [-0.25, -0.2) is 4.79 Å². The summed E-state index contributed by atoms with van der Waals surface area (Å²) in [5.74, 6) is 0.858. The van der Waals surface area contributed by atoms with E-state index in [-0.39, 0.29) is 12.1 Å². The number of nitrogens with zero attached hydrogens (tertiary/aromatic N) is 1. The second-order valence-electron chi connectivity index (χ2n) is 5.74. The lowest BCUT2D eigenvalue weighted by atomic mass is 9.90. The molecule has 4 nitrogen and oxygen atoms in total. The van der Waals surface area contributed by atoms with E-state index >= 15 is 0 Å². The van der Waals surface area contributed by atoms with Gasteiger partial charge in [0.05, 0.1) is 14.2 Å². The van der Waals surface area contributed by atoms with Crippen LogP contribution in [-0.4, -0.2) is 31.3 Å². The molecule has 2 aromatic rings. The average Bonchev–Trinajstić information content (AvgIpc) is 2.61. The Labute approximate surface area is 136 Å². The molecule has 23 heavy (non-hydrogen) atoms. The van der Waals surface area contributed by atoms with Crippen molar-refractivity contribution in [2.45, 2.75) is 25.4 Å². The fourth-order valence-electron chi connectivity index (χ4n) is 3.23. The SMILES string of the molecule is COC(=O)N1Cc2ccccc2C[C@@H]1Cc1ccccc1OC. The van der Waals surface area contributed by atoms with Gasteiger partial charge < -0.3 is 14.4 Å². The molecule has 1 aliphatic rings. The molecule has 0 unspecified atom stereocenters. The minimum atomic E-state index is -0.278. The number of para-hydroxylation sites is 1. The minimum Gasteiger partial charge on any atom is -0.496 e. The van der Waals surface area contributed by atoms with E-state index < -0.39 is 0 Å². The van der Waals surface area contributed by atoms with Crippen LogP contribution in [0.2, 0.25) is 0 Å². The van der Waals surface area contributed by atoms with Gasteiger partial charge in [0, 0.05) is 12.6 Å². The first kappa shape index (κ1) is 15.4. The van der Waals surface area contributed by atoms with Crippen LogP contribution in [0.5, 0.6) is 5.75 Å². The Morgan fingerprint density at radius 2 is 1.78 bits per heavy atom. The Morgan fingerprint density at radius 3 is 2.52 bits per heavy atom. The molecule has 0 bridgehead atoms. The summed E-state index contributed by atoms with van der Waals surface area (Å²) in [5, 5.41) is 0. The molecular weight excluding hydrogens is 290 g/mol. The van der Waals surface area contributed by atoms with Crippen LogP contribution >= 0.6 is 0 Å². The number of ether oxygens (including phenoxy) is 2. The van der Waals surface area contributed by atoms with Crippen molar-refractivity contribution in [2.75, 3.05) is 14.2 Å². The van der Waals surface area contributed by atoms with E-state index in [4.69, 9.17) is 9.47 Å². The van der Waals surface area contributed by atoms with Crippen molar-refractivity contribution in [1.29, 1.82) is 0 Å². The van der Waals surface area contributed by atoms with Crippen LogP contribution in [0.4, 0.5) is 4.79 Å². The lowest BCUT2D eigenvalue weighted by molar-refractivity contribution is 0.0958. The Hall–Kier alpha value is -2.49. The summed E-state index contributed by atoms with van der Waals surface area (Å²) in [6.07, 6.45) is 1.29. The van der Waals surface area contributed by atoms with Crippen LogP contribution in [-0.2, 0) is 24.1 Å². The molecule has 3 rings (SSSR count). The summed E-state index contributed by atoms with van der Waals surface area (Å²) >= 11 is 0. The van der Waals surface area contributed by atoms with Crippen LogP contribution in [0.1, 0.15) is 16.7 Å². The normalized spacial score (nSPS) is 16.6. The molecule has 2 aromatic carbocycles. The molecule has 0 aromatic heterocycles. The molecule has 0 spiro atoms. The molecule has 1 amide bonds. The van der Waals surface area contributed by atoms with Gasteiger partial charge >= 0.3 is 6.09 Å². The number of hydrogen-bond acceptors (Lipinski definition) is 3. The van der Waals surface area contributed by atoms with E-state index in [2.05, 4.69) is 18.2 Å². The number of carbonyl (C=O) groups excluding carboxylic acids is 1. The van der Waals surface area contributed by atoms with E-state index in [1.165, 1.54) is 18.2 Å². The molecule has 0 aliphatic carbocycles. The summed E-state index contributed by atoms with van der Waals surface area (Å²) in [6, 6.07) is 16.3. The first-order chi connectivity index (χ1) is 11.2. The molecule has 1 aliphatic heterocycles. The number of methoxy groups -OCH3 is 2. The third-order valence-electron chi connectivity index (χ3n) is 4.41. The van der Waals surface area contributed by atoms with Crippen LogP contribution in [0.25, 0.3) is 0 Å². The van der Waals surface area contributed by atoms with Crippen molar-refractivity contribution in [3.8, 4) is 5.75 Å². The molecule has 0 saturated heterocycles. The van der Waals surface area contributed by atoms with Gasteiger partial charge in [0.2, 0.25) is 0 Å². The molecule has 120 valence electrons. The molecule has 1 heterocycles. The quantitative estimate of drug-likeness (QED) is 0.871. The Balaban J connectivity index is 1.90. The highest BCUT2D eigenvalue weighted by molar-refractivity contribution is 5.68. The topological polar surface area (TPSA) is 38.8 Å². The van der Waals surface area contributed by atoms with E-state index in [9.17, 15) is 4.79 Å². The molecule has 0 N–H and O–H groups in total. The standard InChI is InChI=1S/C19H21NO3/c1-22-18-10-6-5-8-15(18)12-17-11-14-7-3-4-9-16(14)13-20(17)19(21)23-2/h3-10,17H,11-13H2,1-2H3/t17-/m1/s1. The fraction of sp³-hybridized carbons (Fsp3) is 0.316. The Morgan fingerprint density at radius 1 is 1.09 bits per heavy atom. The second kappa shape index (κ2) is 6.73. The zero-order valence-electron chi connectivity index (χ0n) is 13.5. The fourth-order valence-corrected chi connectivity index (χ4v) is 3.23. The van der Waals surface area contributed by atoms with Gasteiger partial charge in [-0.15, -0.1) is 0 Å². The van der Waals surface area contributed by atoms with Gasteiger partial charge in [0.25, 0.3) is 0 Å². The van der Waals surface area contributed by atoms with Gasteiger partial charge in [-0.2, -0.15) is 0 Å². The zero-order chi connectivity index (χ0) is 16.2. The third-order valence-corrected chi connectivity index (χ3v) is 4.41. The maximum atomic E-state index is 12.2. The maximum Gasteiger partial charge on any atom is 0.410 e. The number of hydrogen-bond donors (Lipinski definition) is 0. The summed E-state index contributed by atoms with van der Waals surface area (Å²) in [7, 11) is 3.11. The predicted octanol–water partition coefficient (Wildman–Crippen LogP) is 3.43. The summed E-state index contributed by atoms with van der Waals surface area (Å²) in [5.41, 5.74) is 3.59. The van der Waals surface area contributed by atoms with Gasteiger partial charge in [0.15, 0.2) is 0 Å². The van der Waals surface area contributed by atoms with E-state index in [1.54, 1.807) is 7.11 Å². The summed E-state index contributed by atoms with van der Waals surface area (Å²) in [6.45, 7) is 0.586. The van der Waals surface area contributed by atoms with Crippen molar-refractivity contribution in [3.05, 3.63) is 65.2 Å². The monoisotopic (exact) mass is 311 g/mol. The van der Waals surface area contributed by atoms with Crippen molar-refractivity contribution < 1.29 is 14.3 Å². The maximum absolute atomic E-state index is 12.2. The summed E-state index contributed by atoms with van der Waals surface area (Å²) < 4.78 is 10.4. The molecule has 0 saturated carbocycles. The van der Waals surface area contributed by atoms with Gasteiger partial charge in [-0.05, 0) is 35.6 Å². The lowest BCUT2D eigenvalue weighted by Crippen LogP contribution is -2.45. The molecule has 1 atom stereocenters. The zero-order valence-corrected chi connectivity index (χ0v) is 13.5. The van der Waals surface area contributed by atoms with Crippen molar-refractivity contribution in [3.63, 3.8) is 0 Å². The summed E-state index contributed by atoms with van der Waals surface area (Å²) in [4.78, 5) is 14.0. The van der Waals surface area contributed by atoms with Crippen LogP contribution in [0.15, 0.2) is 48.5 Å². The van der Waals surface area contributed by atoms with Crippen LogP contribution in [0.3, 0.4) is 0 Å². The van der Waals surface area contributed by atoms with Crippen molar-refractivity contribution >= 4 is 6.09 Å². The molecule has 4 heteroatoms. The van der Waals surface area contributed by atoms with Gasteiger partial charge in [-0.3, -0.25) is 0 Å². The van der Waals surface area contributed by atoms with Crippen molar-refractivity contribution in [1.82, 2.24) is 4.90 Å². The van der Waals surface area contributed by atoms with Crippen molar-refractivity contribution in [2.24, 2.45) is 0 Å². The van der Waals surface area contributed by atoms with Gasteiger partial charge in [-0.1, -0.05) is 42.5 Å². The number of rotatable bonds is 3. The highest BCUT2D eigenvalue weighted by atomic mass is 16.5. The van der Waals surface area contributed by atoms with E-state index in [0.717, 1.165) is 24.2 Å². The second-order valence-corrected chi connectivity index (χ2v) is 5.74. The number of fused-ring (bicyclic) bond motifs is 1. The average molecular weight is 311 g/mol. The molecule has 0 fully saturated rings. The van der Waals surface area contributed by atoms with Crippen LogP contribution < -0.4 is 4.74 Å². The first-order valence-corrected chi connectivity index (χ1v) is 7.76. The lowest BCUT2D eigenvalue weighted by Gasteiger charge is -2.36. The van der Waals surface area contributed by atoms with Crippen LogP contribution in [0, 0.1) is 0 Å². The third kappa shape index (κ3) is 3.16. The first-order valence-electron chi connectivity index (χ1n) is 7.76. The minimum absolute atomic E-state index is 0.0636. The Bertz CT molecular complexity index is 699. The molecular formula is C19H21NO3. The van der Waals surface area contributed by atoms with E-state index in [0.29, 0.717) is 6.54 Å². The number of benzene rings is 2. The highest BCUT2D eigenvalue weighted by Crippen LogP contribution is 2.28.